The van der Waals surface area contributed by atoms with Crippen LogP contribution in [0.25, 0.3) is 0 Å². The van der Waals surface area contributed by atoms with Crippen LogP contribution in [0.1, 0.15) is 74.7 Å². The van der Waals surface area contributed by atoms with Crippen LogP contribution in [0, 0.1) is 41.4 Å². The first kappa shape index (κ1) is 36.8. The molecule has 0 bridgehead atoms. The van der Waals surface area contributed by atoms with Crippen molar-refractivity contribution in [1.29, 1.82) is 0 Å². The van der Waals surface area contributed by atoms with Gasteiger partial charge >= 0.3 is 12.1 Å². The number of amides is 1. The molecule has 0 spiro atoms. The zero-order chi connectivity index (χ0) is 31.4. The lowest BCUT2D eigenvalue weighted by Crippen LogP contribution is -2.47. The van der Waals surface area contributed by atoms with Crippen molar-refractivity contribution in [3.63, 3.8) is 0 Å². The molecule has 1 rings (SSSR count). The Kier molecular flexibility index (Phi) is 15.9. The number of carbonyl (C=O) groups excluding carboxylic acids is 2. The second-order valence-electron chi connectivity index (χ2n) is 12.1. The molecule has 0 unspecified atom stereocenters. The SMILES string of the molecule is CC/C=C\[C@H](C)[C@H](OC(N)=O)[C@@H](C)[C@H](O)[C@@H](C)C/C=C\[C@H](C)[C@H](O)[C@@H](C)/C=C\[C@@H](O)C[C@@H]1OC(=O)[C@H](C)[C@@H](O)[C@H]1C. The van der Waals surface area contributed by atoms with Gasteiger partial charge in [-0.05, 0) is 25.7 Å². The summed E-state index contributed by atoms with van der Waals surface area (Å²) in [5.74, 6) is -2.35. The standard InChI is InChI=1S/C32H55NO8/c1-9-10-12-21(5)30(41-32(33)39)23(7)28(36)19(3)14-11-13-18(2)27(35)20(4)15-16-25(34)17-26-22(6)29(37)24(8)31(38)40-26/h10-13,15-16,18-30,34-37H,9,14,17H2,1-8H3,(H2,33,39)/b12-10-,13-11-,16-15-/t18-,19-,20-,21-,22-,23-,24+,25+,26-,27-,28+,29-,30-/m0/s1. The maximum Gasteiger partial charge on any atom is 0.404 e. The van der Waals surface area contributed by atoms with Crippen LogP contribution in [-0.2, 0) is 14.3 Å². The number of primary amides is 1. The minimum absolute atomic E-state index is 0.102. The van der Waals surface area contributed by atoms with E-state index in [1.54, 1.807) is 26.0 Å². The summed E-state index contributed by atoms with van der Waals surface area (Å²) in [6.45, 7) is 14.9. The molecule has 1 aliphatic heterocycles. The van der Waals surface area contributed by atoms with Gasteiger partial charge < -0.3 is 35.6 Å². The molecule has 1 aliphatic rings. The van der Waals surface area contributed by atoms with Crippen molar-refractivity contribution in [3.8, 4) is 0 Å². The number of ether oxygens (including phenoxy) is 2. The molecule has 0 aliphatic carbocycles. The van der Waals surface area contributed by atoms with E-state index in [-0.39, 0.29) is 41.9 Å². The summed E-state index contributed by atoms with van der Waals surface area (Å²) in [5, 5.41) is 42.5. The normalized spacial score (nSPS) is 28.5. The average Bonchev–Trinajstić information content (AvgIpc) is 2.93. The van der Waals surface area contributed by atoms with Crippen molar-refractivity contribution < 1.29 is 39.5 Å². The second kappa shape index (κ2) is 17.7. The van der Waals surface area contributed by atoms with Crippen molar-refractivity contribution in [1.82, 2.24) is 0 Å². The zero-order valence-electron chi connectivity index (χ0n) is 26.1. The average molecular weight is 582 g/mol. The first-order valence-corrected chi connectivity index (χ1v) is 15.0. The molecule has 0 aromatic heterocycles. The topological polar surface area (TPSA) is 160 Å². The lowest BCUT2D eigenvalue weighted by molar-refractivity contribution is -0.179. The molecule has 9 nitrogen and oxygen atoms in total. The molecule has 0 saturated carbocycles. The third kappa shape index (κ3) is 11.5. The Hall–Kier alpha value is -2.20. The minimum atomic E-state index is -0.886. The molecular formula is C32H55NO8. The maximum atomic E-state index is 11.9. The molecule has 236 valence electrons. The van der Waals surface area contributed by atoms with Gasteiger partial charge in [0.25, 0.3) is 0 Å². The Morgan fingerprint density at radius 1 is 0.951 bits per heavy atom. The molecule has 0 radical (unpaired) electrons. The largest absolute Gasteiger partial charge is 0.462 e. The van der Waals surface area contributed by atoms with Crippen molar-refractivity contribution in [2.45, 2.75) is 111 Å². The van der Waals surface area contributed by atoms with Gasteiger partial charge in [0, 0.05) is 36.0 Å². The summed E-state index contributed by atoms with van der Waals surface area (Å²) in [5.41, 5.74) is 5.29. The van der Waals surface area contributed by atoms with E-state index in [9.17, 15) is 30.0 Å². The Bertz CT molecular complexity index is 889. The van der Waals surface area contributed by atoms with Crippen LogP contribution in [0.5, 0.6) is 0 Å². The molecule has 0 aromatic rings. The highest BCUT2D eigenvalue weighted by atomic mass is 16.6. The first-order chi connectivity index (χ1) is 19.1. The number of hydrogen-bond donors (Lipinski definition) is 5. The molecule has 9 heteroatoms. The van der Waals surface area contributed by atoms with Crippen LogP contribution in [0.2, 0.25) is 0 Å². The van der Waals surface area contributed by atoms with Crippen LogP contribution < -0.4 is 5.73 Å². The summed E-state index contributed by atoms with van der Waals surface area (Å²) in [7, 11) is 0. The van der Waals surface area contributed by atoms with Crippen LogP contribution in [0.3, 0.4) is 0 Å². The Labute approximate surface area is 246 Å². The Morgan fingerprint density at radius 3 is 2.12 bits per heavy atom. The molecule has 41 heavy (non-hydrogen) atoms. The molecule has 0 aromatic carbocycles. The van der Waals surface area contributed by atoms with E-state index >= 15 is 0 Å². The summed E-state index contributed by atoms with van der Waals surface area (Å²) in [4.78, 5) is 23.4. The number of esters is 1. The van der Waals surface area contributed by atoms with Gasteiger partial charge in [-0.25, -0.2) is 4.79 Å². The van der Waals surface area contributed by atoms with Gasteiger partial charge in [0.2, 0.25) is 0 Å². The fourth-order valence-electron chi connectivity index (χ4n) is 5.42. The number of nitrogens with two attached hydrogens (primary N) is 1. The predicted octanol–water partition coefficient (Wildman–Crippen LogP) is 4.13. The van der Waals surface area contributed by atoms with Gasteiger partial charge in [-0.15, -0.1) is 0 Å². The number of hydrogen-bond acceptors (Lipinski definition) is 8. The van der Waals surface area contributed by atoms with Crippen molar-refractivity contribution in [2.24, 2.45) is 47.2 Å². The number of allylic oxidation sites excluding steroid dienone is 2. The molecular weight excluding hydrogens is 526 g/mol. The molecule has 1 saturated heterocycles. The van der Waals surface area contributed by atoms with E-state index < -0.39 is 54.6 Å². The van der Waals surface area contributed by atoms with Gasteiger partial charge in [0.05, 0.1) is 30.3 Å². The van der Waals surface area contributed by atoms with Crippen LogP contribution in [0.15, 0.2) is 36.5 Å². The van der Waals surface area contributed by atoms with Crippen LogP contribution in [-0.4, -0.2) is 69.1 Å². The van der Waals surface area contributed by atoms with Gasteiger partial charge in [-0.1, -0.05) is 84.9 Å². The van der Waals surface area contributed by atoms with E-state index in [1.807, 2.05) is 65.8 Å². The quantitative estimate of drug-likeness (QED) is 0.134. The fourth-order valence-corrected chi connectivity index (χ4v) is 5.42. The number of carbonyl (C=O) groups is 2. The van der Waals surface area contributed by atoms with Gasteiger partial charge in [-0.3, -0.25) is 4.79 Å². The number of aliphatic hydroxyl groups is 4. The van der Waals surface area contributed by atoms with Crippen molar-refractivity contribution in [3.05, 3.63) is 36.5 Å². The summed E-state index contributed by atoms with van der Waals surface area (Å²) >= 11 is 0. The van der Waals surface area contributed by atoms with E-state index in [1.165, 1.54) is 0 Å². The predicted molar refractivity (Wildman–Crippen MR) is 159 cm³/mol. The third-order valence-corrected chi connectivity index (χ3v) is 8.50. The van der Waals surface area contributed by atoms with Gasteiger partial charge in [0.1, 0.15) is 12.2 Å². The van der Waals surface area contributed by atoms with Gasteiger partial charge in [0.15, 0.2) is 0 Å². The lowest BCUT2D eigenvalue weighted by Gasteiger charge is -2.36. The molecule has 13 atom stereocenters. The summed E-state index contributed by atoms with van der Waals surface area (Å²) in [6, 6.07) is 0. The molecule has 1 fully saturated rings. The van der Waals surface area contributed by atoms with E-state index in [0.717, 1.165) is 6.42 Å². The fraction of sp³-hybridized carbons (Fsp3) is 0.750. The smallest absolute Gasteiger partial charge is 0.404 e. The molecule has 6 N–H and O–H groups in total. The van der Waals surface area contributed by atoms with Gasteiger partial charge in [-0.2, -0.15) is 0 Å². The van der Waals surface area contributed by atoms with Crippen LogP contribution in [0.4, 0.5) is 4.79 Å². The molecule has 1 amide bonds. The van der Waals surface area contributed by atoms with E-state index in [0.29, 0.717) is 6.42 Å². The highest BCUT2D eigenvalue weighted by Gasteiger charge is 2.41. The number of rotatable bonds is 16. The van der Waals surface area contributed by atoms with Crippen LogP contribution >= 0.6 is 0 Å². The highest BCUT2D eigenvalue weighted by molar-refractivity contribution is 5.73. The second-order valence-corrected chi connectivity index (χ2v) is 12.1. The lowest BCUT2D eigenvalue weighted by atomic mass is 9.82. The third-order valence-electron chi connectivity index (χ3n) is 8.50. The Balaban J connectivity index is 2.66. The minimum Gasteiger partial charge on any atom is -0.462 e. The molecule has 1 heterocycles. The van der Waals surface area contributed by atoms with E-state index in [2.05, 4.69) is 0 Å². The van der Waals surface area contributed by atoms with E-state index in [4.69, 9.17) is 15.2 Å². The number of cyclic esters (lactones) is 1. The Morgan fingerprint density at radius 2 is 1.54 bits per heavy atom. The summed E-state index contributed by atoms with van der Waals surface area (Å²) < 4.78 is 10.8. The highest BCUT2D eigenvalue weighted by Crippen LogP contribution is 2.30. The monoisotopic (exact) mass is 581 g/mol. The summed E-state index contributed by atoms with van der Waals surface area (Å²) in [6.07, 6.45) is 7.61. The van der Waals surface area contributed by atoms with Crippen molar-refractivity contribution >= 4 is 12.1 Å². The van der Waals surface area contributed by atoms with Crippen molar-refractivity contribution in [2.75, 3.05) is 0 Å². The zero-order valence-corrected chi connectivity index (χ0v) is 26.1. The number of aliphatic hydroxyl groups excluding tert-OH is 4. The maximum absolute atomic E-state index is 11.9. The first-order valence-electron chi connectivity index (χ1n) is 15.0.